The largest absolute Gasteiger partial charge is 0.321 e. The molecule has 0 radical (unpaired) electrons. The van der Waals surface area contributed by atoms with Gasteiger partial charge in [0.2, 0.25) is 0 Å². The molecule has 0 saturated heterocycles. The Morgan fingerprint density at radius 3 is 2.88 bits per heavy atom. The number of anilines is 1. The minimum Gasteiger partial charge on any atom is -0.321 e. The van der Waals surface area contributed by atoms with Crippen molar-refractivity contribution < 1.29 is 4.79 Å². The van der Waals surface area contributed by atoms with E-state index in [9.17, 15) is 4.79 Å². The molecular formula is C13H12N2OS. The zero-order valence-electron chi connectivity index (χ0n) is 9.22. The standard InChI is InChI=1S/C13H12N2OS/c1-2-6-12-14-9-11(17-12)13(16)15-10-7-4-3-5-8-10/h2-5,7-9H,1,6H2,(H,15,16). The van der Waals surface area contributed by atoms with E-state index in [2.05, 4.69) is 16.9 Å². The van der Waals surface area contributed by atoms with Gasteiger partial charge in [-0.15, -0.1) is 17.9 Å². The molecular weight excluding hydrogens is 232 g/mol. The summed E-state index contributed by atoms with van der Waals surface area (Å²) in [5, 5.41) is 3.72. The summed E-state index contributed by atoms with van der Waals surface area (Å²) in [4.78, 5) is 16.6. The number of hydrogen-bond donors (Lipinski definition) is 1. The van der Waals surface area contributed by atoms with Crippen LogP contribution >= 0.6 is 11.3 Å². The van der Waals surface area contributed by atoms with Crippen molar-refractivity contribution in [2.24, 2.45) is 0 Å². The number of rotatable bonds is 4. The smallest absolute Gasteiger partial charge is 0.267 e. The van der Waals surface area contributed by atoms with E-state index in [1.165, 1.54) is 11.3 Å². The molecule has 0 saturated carbocycles. The number of thiazole rings is 1. The summed E-state index contributed by atoms with van der Waals surface area (Å²) in [7, 11) is 0. The van der Waals surface area contributed by atoms with Gasteiger partial charge in [0.15, 0.2) is 0 Å². The molecule has 0 spiro atoms. The number of allylic oxidation sites excluding steroid dienone is 1. The molecule has 0 aliphatic carbocycles. The number of amides is 1. The van der Waals surface area contributed by atoms with Crippen molar-refractivity contribution in [3.05, 3.63) is 59.1 Å². The van der Waals surface area contributed by atoms with Gasteiger partial charge in [0, 0.05) is 12.1 Å². The molecule has 86 valence electrons. The first-order valence-electron chi connectivity index (χ1n) is 5.21. The average Bonchev–Trinajstić information content (AvgIpc) is 2.79. The molecule has 0 unspecified atom stereocenters. The highest BCUT2D eigenvalue weighted by atomic mass is 32.1. The maximum absolute atomic E-state index is 11.9. The van der Waals surface area contributed by atoms with Crippen molar-refractivity contribution in [1.29, 1.82) is 0 Å². The van der Waals surface area contributed by atoms with Gasteiger partial charge in [-0.2, -0.15) is 0 Å². The highest BCUT2D eigenvalue weighted by Gasteiger charge is 2.09. The van der Waals surface area contributed by atoms with Crippen LogP contribution in [-0.4, -0.2) is 10.9 Å². The lowest BCUT2D eigenvalue weighted by Gasteiger charge is -2.01. The summed E-state index contributed by atoms with van der Waals surface area (Å²) >= 11 is 1.39. The lowest BCUT2D eigenvalue weighted by Crippen LogP contribution is -2.09. The predicted molar refractivity (Wildman–Crippen MR) is 70.4 cm³/mol. The minimum atomic E-state index is -0.121. The van der Waals surface area contributed by atoms with E-state index in [-0.39, 0.29) is 5.91 Å². The Balaban J connectivity index is 2.07. The molecule has 0 atom stereocenters. The van der Waals surface area contributed by atoms with Gasteiger partial charge in [-0.05, 0) is 12.1 Å². The Hall–Kier alpha value is -1.94. The summed E-state index contributed by atoms with van der Waals surface area (Å²) in [6.45, 7) is 3.64. The second-order valence-electron chi connectivity index (χ2n) is 3.43. The van der Waals surface area contributed by atoms with Crippen LogP contribution in [0.4, 0.5) is 5.69 Å². The Morgan fingerprint density at radius 2 is 2.18 bits per heavy atom. The Bertz CT molecular complexity index is 519. The number of nitrogens with one attached hydrogen (secondary N) is 1. The fourth-order valence-electron chi connectivity index (χ4n) is 1.35. The maximum atomic E-state index is 11.9. The van der Waals surface area contributed by atoms with Crippen molar-refractivity contribution in [1.82, 2.24) is 4.98 Å². The van der Waals surface area contributed by atoms with E-state index in [4.69, 9.17) is 0 Å². The molecule has 1 aromatic heterocycles. The molecule has 1 aromatic carbocycles. The third-order valence-corrected chi connectivity index (χ3v) is 3.15. The summed E-state index contributed by atoms with van der Waals surface area (Å²) < 4.78 is 0. The lowest BCUT2D eigenvalue weighted by molar-refractivity contribution is 0.103. The summed E-state index contributed by atoms with van der Waals surface area (Å²) in [6.07, 6.45) is 4.07. The number of benzene rings is 1. The normalized spacial score (nSPS) is 9.88. The summed E-state index contributed by atoms with van der Waals surface area (Å²) in [6, 6.07) is 9.37. The molecule has 4 heteroatoms. The van der Waals surface area contributed by atoms with Crippen molar-refractivity contribution >= 4 is 22.9 Å². The molecule has 2 aromatic rings. The molecule has 0 aliphatic heterocycles. The van der Waals surface area contributed by atoms with Gasteiger partial charge in [-0.3, -0.25) is 4.79 Å². The Labute approximate surface area is 104 Å². The zero-order valence-corrected chi connectivity index (χ0v) is 10.0. The second-order valence-corrected chi connectivity index (χ2v) is 4.55. The number of carbonyl (C=O) groups is 1. The highest BCUT2D eigenvalue weighted by Crippen LogP contribution is 2.16. The molecule has 1 N–H and O–H groups in total. The van der Waals surface area contributed by atoms with Crippen LogP contribution in [-0.2, 0) is 6.42 Å². The van der Waals surface area contributed by atoms with Crippen molar-refractivity contribution in [2.45, 2.75) is 6.42 Å². The van der Waals surface area contributed by atoms with Gasteiger partial charge in [0.05, 0.1) is 11.2 Å². The van der Waals surface area contributed by atoms with E-state index in [1.54, 1.807) is 12.3 Å². The first-order chi connectivity index (χ1) is 8.29. The fourth-order valence-corrected chi connectivity index (χ4v) is 2.16. The van der Waals surface area contributed by atoms with Crippen molar-refractivity contribution in [2.75, 3.05) is 5.32 Å². The molecule has 0 aliphatic rings. The van der Waals surface area contributed by atoms with Gasteiger partial charge in [-0.25, -0.2) is 4.98 Å². The highest BCUT2D eigenvalue weighted by molar-refractivity contribution is 7.13. The third-order valence-electron chi connectivity index (χ3n) is 2.13. The topological polar surface area (TPSA) is 42.0 Å². The Morgan fingerprint density at radius 1 is 1.41 bits per heavy atom. The summed E-state index contributed by atoms with van der Waals surface area (Å²) in [5.74, 6) is -0.121. The minimum absolute atomic E-state index is 0.121. The first-order valence-corrected chi connectivity index (χ1v) is 6.03. The molecule has 2 rings (SSSR count). The first kappa shape index (κ1) is 11.5. The van der Waals surface area contributed by atoms with E-state index in [0.29, 0.717) is 11.3 Å². The molecule has 1 heterocycles. The predicted octanol–water partition coefficient (Wildman–Crippen LogP) is 3.12. The van der Waals surface area contributed by atoms with Gasteiger partial charge < -0.3 is 5.32 Å². The van der Waals surface area contributed by atoms with Gasteiger partial charge >= 0.3 is 0 Å². The van der Waals surface area contributed by atoms with Gasteiger partial charge in [-0.1, -0.05) is 24.3 Å². The molecule has 1 amide bonds. The Kier molecular flexibility index (Phi) is 3.67. The van der Waals surface area contributed by atoms with Crippen LogP contribution < -0.4 is 5.32 Å². The van der Waals surface area contributed by atoms with Crippen molar-refractivity contribution in [3.63, 3.8) is 0 Å². The number of nitrogens with zero attached hydrogens (tertiary/aromatic N) is 1. The van der Waals surface area contributed by atoms with Crippen LogP contribution in [0.1, 0.15) is 14.7 Å². The number of carbonyl (C=O) groups excluding carboxylic acids is 1. The second kappa shape index (κ2) is 5.41. The monoisotopic (exact) mass is 244 g/mol. The van der Waals surface area contributed by atoms with Crippen molar-refractivity contribution in [3.8, 4) is 0 Å². The van der Waals surface area contributed by atoms with Gasteiger partial charge in [0.25, 0.3) is 5.91 Å². The SMILES string of the molecule is C=CCc1ncc(C(=O)Nc2ccccc2)s1. The maximum Gasteiger partial charge on any atom is 0.267 e. The van der Waals surface area contributed by atoms with E-state index < -0.39 is 0 Å². The van der Waals surface area contributed by atoms with Crippen LogP contribution in [0.3, 0.4) is 0 Å². The quantitative estimate of drug-likeness (QED) is 0.840. The fraction of sp³-hybridized carbons (Fsp3) is 0.0769. The molecule has 0 bridgehead atoms. The van der Waals surface area contributed by atoms with Crippen LogP contribution in [0.2, 0.25) is 0 Å². The van der Waals surface area contributed by atoms with E-state index >= 15 is 0 Å². The molecule has 3 nitrogen and oxygen atoms in total. The van der Waals surface area contributed by atoms with Gasteiger partial charge in [0.1, 0.15) is 4.88 Å². The average molecular weight is 244 g/mol. The van der Waals surface area contributed by atoms with E-state index in [0.717, 1.165) is 10.7 Å². The van der Waals surface area contributed by atoms with Crippen LogP contribution in [0.5, 0.6) is 0 Å². The zero-order chi connectivity index (χ0) is 12.1. The number of hydrogen-bond acceptors (Lipinski definition) is 3. The van der Waals surface area contributed by atoms with Crippen LogP contribution in [0.25, 0.3) is 0 Å². The molecule has 0 fully saturated rings. The van der Waals surface area contributed by atoms with E-state index in [1.807, 2.05) is 30.3 Å². The third kappa shape index (κ3) is 3.01. The lowest BCUT2D eigenvalue weighted by atomic mass is 10.3. The number of para-hydroxylation sites is 1. The van der Waals surface area contributed by atoms with Crippen LogP contribution in [0.15, 0.2) is 49.2 Å². The summed E-state index contributed by atoms with van der Waals surface area (Å²) in [5.41, 5.74) is 0.788. The van der Waals surface area contributed by atoms with Crippen LogP contribution in [0, 0.1) is 0 Å². The molecule has 17 heavy (non-hydrogen) atoms. The number of aromatic nitrogens is 1.